The molecule has 1 amide bonds. The molecular formula is C33H38N2O12. The van der Waals surface area contributed by atoms with Gasteiger partial charge in [-0.25, -0.2) is 0 Å². The van der Waals surface area contributed by atoms with Gasteiger partial charge in [-0.15, -0.1) is 0 Å². The number of carbonyl (C=O) groups excluding carboxylic acids is 1. The molecule has 0 radical (unpaired) electrons. The number of nitrogens with one attached hydrogen (secondary N) is 2. The Morgan fingerprint density at radius 1 is 0.957 bits per heavy atom. The van der Waals surface area contributed by atoms with Crippen molar-refractivity contribution in [3.63, 3.8) is 0 Å². The second-order valence-corrected chi connectivity index (χ2v) is 11.9. The number of H-pyrrole nitrogens is 1. The van der Waals surface area contributed by atoms with Crippen molar-refractivity contribution in [3.8, 4) is 17.2 Å². The van der Waals surface area contributed by atoms with E-state index >= 15 is 0 Å². The van der Waals surface area contributed by atoms with Gasteiger partial charge in [0.05, 0.1) is 6.04 Å². The van der Waals surface area contributed by atoms with Crippen LogP contribution >= 0.6 is 0 Å². The number of phenols is 1. The number of aliphatic hydroxyl groups excluding tert-OH is 5. The molecule has 0 spiro atoms. The van der Waals surface area contributed by atoms with E-state index in [2.05, 4.69) is 10.3 Å². The van der Waals surface area contributed by atoms with Crippen LogP contribution in [0, 0.1) is 0 Å². The first-order chi connectivity index (χ1) is 22.5. The number of rotatable bonds is 9. The Bertz CT molecular complexity index is 1660. The Labute approximate surface area is 269 Å². The molecular weight excluding hydrogens is 616 g/mol. The first-order valence-corrected chi connectivity index (χ1v) is 15.2. The molecule has 14 heteroatoms. The van der Waals surface area contributed by atoms with E-state index in [0.717, 1.165) is 10.9 Å². The zero-order valence-electron chi connectivity index (χ0n) is 25.6. The Hall–Kier alpha value is -3.99. The number of benzene rings is 2. The van der Waals surface area contributed by atoms with Gasteiger partial charge in [0.1, 0.15) is 68.0 Å². The van der Waals surface area contributed by atoms with Crippen LogP contribution in [0.15, 0.2) is 65.9 Å². The monoisotopic (exact) mass is 654 g/mol. The van der Waals surface area contributed by atoms with E-state index in [4.69, 9.17) is 23.7 Å². The van der Waals surface area contributed by atoms with Gasteiger partial charge in [0.15, 0.2) is 11.5 Å². The summed E-state index contributed by atoms with van der Waals surface area (Å²) in [6, 6.07) is 10.7. The van der Waals surface area contributed by atoms with Crippen molar-refractivity contribution in [2.24, 2.45) is 0 Å². The quantitative estimate of drug-likeness (QED) is 0.117. The molecule has 3 aromatic rings. The summed E-state index contributed by atoms with van der Waals surface area (Å²) in [6.45, 7) is 3.30. The minimum absolute atomic E-state index is 0.0259. The van der Waals surface area contributed by atoms with Gasteiger partial charge < -0.3 is 64.6 Å². The fourth-order valence-corrected chi connectivity index (χ4v) is 6.01. The number of phenolic OH excluding ortho intramolecular Hbond substituents is 1. The second-order valence-electron chi connectivity index (χ2n) is 11.9. The number of fused-ring (bicyclic) bond motifs is 2. The number of amides is 1. The molecule has 47 heavy (non-hydrogen) atoms. The average molecular weight is 655 g/mol. The normalized spacial score (nSPS) is 32.7. The van der Waals surface area contributed by atoms with Crippen molar-refractivity contribution in [2.45, 2.75) is 75.0 Å². The molecule has 0 bridgehead atoms. The highest BCUT2D eigenvalue weighted by Gasteiger charge is 2.53. The highest BCUT2D eigenvalue weighted by Crippen LogP contribution is 2.34. The lowest BCUT2D eigenvalue weighted by Gasteiger charge is -2.41. The van der Waals surface area contributed by atoms with Crippen LogP contribution in [0.3, 0.4) is 0 Å². The Balaban J connectivity index is 1.05. The van der Waals surface area contributed by atoms with Gasteiger partial charge in [-0.3, -0.25) is 4.79 Å². The number of carbonyl (C=O) groups is 1. The molecule has 1 aromatic heterocycles. The summed E-state index contributed by atoms with van der Waals surface area (Å²) in [6.07, 6.45) is -5.81. The number of aliphatic hydroxyl groups is 5. The molecule has 3 heterocycles. The summed E-state index contributed by atoms with van der Waals surface area (Å²) in [5.41, 5.74) is 2.21. The third-order valence-electron chi connectivity index (χ3n) is 8.72. The summed E-state index contributed by atoms with van der Waals surface area (Å²) in [4.78, 5) is 16.0. The molecule has 6 rings (SSSR count). The predicted molar refractivity (Wildman–Crippen MR) is 165 cm³/mol. The van der Waals surface area contributed by atoms with E-state index in [-0.39, 0.29) is 30.5 Å². The Morgan fingerprint density at radius 3 is 2.49 bits per heavy atom. The molecule has 0 unspecified atom stereocenters. The van der Waals surface area contributed by atoms with E-state index in [1.807, 2.05) is 30.5 Å². The van der Waals surface area contributed by atoms with Crippen molar-refractivity contribution in [2.75, 3.05) is 13.4 Å². The number of hydrogen-bond acceptors (Lipinski definition) is 12. The lowest BCUT2D eigenvalue weighted by atomic mass is 9.83. The van der Waals surface area contributed by atoms with Crippen molar-refractivity contribution >= 4 is 22.9 Å². The SMILES string of the molecule is C/C(=C\c1ccc(O[C@@H]2O[C@H](/C(C)=C/COc3ccc4[nH]ccc4c3)[C@@H](O)[C@@H]2O)c(O)c1)C(=O)N[C@@H]1[C@H](O)[C@@H](O)[C@H]2OCO[C@H]2[C@@H]1O. The standard InChI is InChI=1S/C33H38N2O12/c1-15(8-10-43-19-4-5-20-18(13-19)7-9-34-20)29-27(40)28(41)33(47-29)46-22-6-3-17(12-21(22)36)11-16(2)32(42)35-23-24(37)26(39)31-30(25(23)38)44-14-45-31/h3-9,11-13,23-31,33-34,36-41H,10,14H2,1-2H3,(H,35,42)/b15-8+,16-11+/t23-,24+,25-,26-,27+,28+,29-,30+,31-,33-/m1/s1. The number of aromatic nitrogens is 1. The molecule has 252 valence electrons. The van der Waals surface area contributed by atoms with Gasteiger partial charge in [0, 0.05) is 22.7 Å². The van der Waals surface area contributed by atoms with Crippen LogP contribution < -0.4 is 14.8 Å². The van der Waals surface area contributed by atoms with Gasteiger partial charge in [-0.05, 0) is 73.5 Å². The number of aromatic hydroxyl groups is 1. The largest absolute Gasteiger partial charge is 0.504 e. The molecule has 3 fully saturated rings. The van der Waals surface area contributed by atoms with E-state index in [1.165, 1.54) is 25.1 Å². The summed E-state index contributed by atoms with van der Waals surface area (Å²) in [5, 5.41) is 66.9. The van der Waals surface area contributed by atoms with Crippen LogP contribution in [-0.2, 0) is 19.0 Å². The van der Waals surface area contributed by atoms with Crippen LogP contribution in [0.2, 0.25) is 0 Å². The van der Waals surface area contributed by atoms with Crippen LogP contribution in [0.1, 0.15) is 19.4 Å². The molecule has 8 N–H and O–H groups in total. The highest BCUT2D eigenvalue weighted by molar-refractivity contribution is 5.97. The maximum absolute atomic E-state index is 12.9. The summed E-state index contributed by atoms with van der Waals surface area (Å²) in [7, 11) is 0. The van der Waals surface area contributed by atoms with Gasteiger partial charge in [-0.2, -0.15) is 0 Å². The lowest BCUT2D eigenvalue weighted by Crippen LogP contribution is -2.67. The van der Waals surface area contributed by atoms with Crippen LogP contribution in [-0.4, -0.2) is 116 Å². The van der Waals surface area contributed by atoms with E-state index in [1.54, 1.807) is 19.1 Å². The average Bonchev–Trinajstić information content (AvgIpc) is 3.80. The summed E-state index contributed by atoms with van der Waals surface area (Å²) < 4.78 is 27.8. The minimum Gasteiger partial charge on any atom is -0.504 e. The molecule has 10 atom stereocenters. The smallest absolute Gasteiger partial charge is 0.247 e. The first-order valence-electron chi connectivity index (χ1n) is 15.2. The van der Waals surface area contributed by atoms with E-state index in [9.17, 15) is 35.4 Å². The summed E-state index contributed by atoms with van der Waals surface area (Å²) in [5.74, 6) is -0.293. The van der Waals surface area contributed by atoms with Crippen molar-refractivity contribution in [1.82, 2.24) is 10.3 Å². The topological polar surface area (TPSA) is 212 Å². The number of aromatic amines is 1. The molecule has 14 nitrogen and oxygen atoms in total. The third kappa shape index (κ3) is 6.72. The van der Waals surface area contributed by atoms with Gasteiger partial charge in [0.25, 0.3) is 0 Å². The molecule has 2 aliphatic heterocycles. The van der Waals surface area contributed by atoms with Crippen LogP contribution in [0.4, 0.5) is 0 Å². The third-order valence-corrected chi connectivity index (χ3v) is 8.72. The van der Waals surface area contributed by atoms with Crippen LogP contribution in [0.5, 0.6) is 17.2 Å². The maximum atomic E-state index is 12.9. The molecule has 3 aliphatic rings. The molecule has 2 aromatic carbocycles. The van der Waals surface area contributed by atoms with E-state index < -0.39 is 67.1 Å². The zero-order chi connectivity index (χ0) is 33.4. The second kappa shape index (κ2) is 13.6. The Kier molecular flexibility index (Phi) is 9.55. The van der Waals surface area contributed by atoms with Crippen molar-refractivity contribution in [3.05, 3.63) is 71.4 Å². The maximum Gasteiger partial charge on any atom is 0.247 e. The van der Waals surface area contributed by atoms with E-state index in [0.29, 0.717) is 16.9 Å². The highest BCUT2D eigenvalue weighted by atomic mass is 16.7. The fraction of sp³-hybridized carbons (Fsp3) is 0.424. The minimum atomic E-state index is -1.49. The molecule has 1 aliphatic carbocycles. The lowest BCUT2D eigenvalue weighted by molar-refractivity contribution is -0.155. The molecule has 1 saturated carbocycles. The van der Waals surface area contributed by atoms with Gasteiger partial charge >= 0.3 is 0 Å². The van der Waals surface area contributed by atoms with Crippen molar-refractivity contribution < 1.29 is 59.1 Å². The number of ether oxygens (including phenoxy) is 5. The first kappa shape index (κ1) is 32.9. The predicted octanol–water partition coefficient (Wildman–Crippen LogP) is 0.450. The molecule has 2 saturated heterocycles. The van der Waals surface area contributed by atoms with Crippen molar-refractivity contribution in [1.29, 1.82) is 0 Å². The van der Waals surface area contributed by atoms with Gasteiger partial charge in [-0.1, -0.05) is 6.07 Å². The Morgan fingerprint density at radius 2 is 1.72 bits per heavy atom. The fourth-order valence-electron chi connectivity index (χ4n) is 6.01. The number of hydrogen-bond donors (Lipinski definition) is 8. The van der Waals surface area contributed by atoms with Gasteiger partial charge in [0.2, 0.25) is 12.2 Å². The zero-order valence-corrected chi connectivity index (χ0v) is 25.6. The summed E-state index contributed by atoms with van der Waals surface area (Å²) >= 11 is 0. The van der Waals surface area contributed by atoms with Crippen LogP contribution in [0.25, 0.3) is 17.0 Å².